The van der Waals surface area contributed by atoms with Crippen LogP contribution in [0.2, 0.25) is 5.02 Å². The maximum atomic E-state index is 12.2. The third-order valence-corrected chi connectivity index (χ3v) is 4.36. The first-order valence-corrected chi connectivity index (χ1v) is 8.17. The summed E-state index contributed by atoms with van der Waals surface area (Å²) in [5.74, 6) is -0.00172. The molecule has 0 N–H and O–H groups in total. The van der Waals surface area contributed by atoms with Gasteiger partial charge in [0.15, 0.2) is 5.78 Å². The number of halogens is 1. The molecular weight excluding hydrogens is 318 g/mol. The Balaban J connectivity index is 1.94. The SMILES string of the molecule is Cc1cc(/C=C/C(=O)c2ccccc2)c(C)n1-c1ccccc1Cl. The fraction of sp³-hybridized carbons (Fsp3) is 0.0952. The largest absolute Gasteiger partial charge is 0.316 e. The molecular formula is C21H18ClNO. The van der Waals surface area contributed by atoms with Gasteiger partial charge < -0.3 is 4.57 Å². The Bertz CT molecular complexity index is 907. The Morgan fingerprint density at radius 2 is 1.67 bits per heavy atom. The fourth-order valence-corrected chi connectivity index (χ4v) is 3.04. The number of allylic oxidation sites excluding steroid dienone is 1. The fourth-order valence-electron chi connectivity index (χ4n) is 2.82. The second-order valence-electron chi connectivity index (χ2n) is 5.68. The van der Waals surface area contributed by atoms with Gasteiger partial charge in [-0.1, -0.05) is 54.1 Å². The van der Waals surface area contributed by atoms with Crippen molar-refractivity contribution in [2.24, 2.45) is 0 Å². The van der Waals surface area contributed by atoms with E-state index >= 15 is 0 Å². The summed E-state index contributed by atoms with van der Waals surface area (Å²) in [5, 5.41) is 0.704. The quantitative estimate of drug-likeness (QED) is 0.446. The van der Waals surface area contributed by atoms with Crippen LogP contribution in [-0.4, -0.2) is 10.4 Å². The van der Waals surface area contributed by atoms with Crippen molar-refractivity contribution in [3.8, 4) is 5.69 Å². The zero-order valence-corrected chi connectivity index (χ0v) is 14.4. The van der Waals surface area contributed by atoms with Gasteiger partial charge in [0.1, 0.15) is 0 Å². The molecule has 0 saturated carbocycles. The lowest BCUT2D eigenvalue weighted by Crippen LogP contribution is -1.99. The van der Waals surface area contributed by atoms with Gasteiger partial charge in [-0.2, -0.15) is 0 Å². The normalized spacial score (nSPS) is 11.1. The third kappa shape index (κ3) is 3.19. The summed E-state index contributed by atoms with van der Waals surface area (Å²) < 4.78 is 2.11. The molecule has 0 atom stereocenters. The standard InChI is InChI=1S/C21H18ClNO/c1-15-14-18(12-13-21(24)17-8-4-3-5-9-17)16(2)23(15)20-11-7-6-10-19(20)22/h3-14H,1-2H3/b13-12+. The van der Waals surface area contributed by atoms with E-state index in [0.717, 1.165) is 22.6 Å². The molecule has 2 aromatic carbocycles. The van der Waals surface area contributed by atoms with Gasteiger partial charge in [0, 0.05) is 17.0 Å². The number of carbonyl (C=O) groups excluding carboxylic acids is 1. The number of para-hydroxylation sites is 1. The van der Waals surface area contributed by atoms with Crippen molar-refractivity contribution in [1.29, 1.82) is 0 Å². The average Bonchev–Trinajstić information content (AvgIpc) is 2.88. The summed E-state index contributed by atoms with van der Waals surface area (Å²) in [7, 11) is 0. The van der Waals surface area contributed by atoms with Crippen LogP contribution in [-0.2, 0) is 0 Å². The van der Waals surface area contributed by atoms with Crippen LogP contribution in [0.5, 0.6) is 0 Å². The Labute approximate surface area is 147 Å². The van der Waals surface area contributed by atoms with Crippen LogP contribution in [0, 0.1) is 13.8 Å². The van der Waals surface area contributed by atoms with Gasteiger partial charge in [0.05, 0.1) is 10.7 Å². The Morgan fingerprint density at radius 3 is 2.38 bits per heavy atom. The summed E-state index contributed by atoms with van der Waals surface area (Å²) in [6.45, 7) is 4.07. The molecule has 0 spiro atoms. The lowest BCUT2D eigenvalue weighted by atomic mass is 10.1. The first-order chi connectivity index (χ1) is 11.6. The van der Waals surface area contributed by atoms with Crippen molar-refractivity contribution < 1.29 is 4.79 Å². The van der Waals surface area contributed by atoms with E-state index in [2.05, 4.69) is 10.6 Å². The predicted molar refractivity (Wildman–Crippen MR) is 100 cm³/mol. The Kier molecular flexibility index (Phi) is 4.68. The topological polar surface area (TPSA) is 22.0 Å². The van der Waals surface area contributed by atoms with Crippen molar-refractivity contribution in [2.75, 3.05) is 0 Å². The number of rotatable bonds is 4. The molecule has 0 aliphatic carbocycles. The minimum absolute atomic E-state index is 0.00172. The first kappa shape index (κ1) is 16.3. The zero-order valence-electron chi connectivity index (χ0n) is 13.7. The van der Waals surface area contributed by atoms with Crippen LogP contribution >= 0.6 is 11.6 Å². The van der Waals surface area contributed by atoms with E-state index in [9.17, 15) is 4.79 Å². The average molecular weight is 336 g/mol. The third-order valence-electron chi connectivity index (χ3n) is 4.04. The van der Waals surface area contributed by atoms with E-state index in [1.165, 1.54) is 0 Å². The van der Waals surface area contributed by atoms with E-state index in [1.807, 2.05) is 74.5 Å². The molecule has 0 saturated heterocycles. The number of nitrogens with zero attached hydrogens (tertiary/aromatic N) is 1. The minimum atomic E-state index is -0.00172. The number of carbonyl (C=O) groups is 1. The lowest BCUT2D eigenvalue weighted by molar-refractivity contribution is 0.104. The number of benzene rings is 2. The number of ketones is 1. The van der Waals surface area contributed by atoms with Gasteiger partial charge in [0.2, 0.25) is 0 Å². The van der Waals surface area contributed by atoms with Crippen LogP contribution < -0.4 is 0 Å². The highest BCUT2D eigenvalue weighted by molar-refractivity contribution is 6.32. The second kappa shape index (κ2) is 6.90. The molecule has 0 amide bonds. The molecule has 3 rings (SSSR count). The Hall–Kier alpha value is -2.58. The molecule has 0 bridgehead atoms. The van der Waals surface area contributed by atoms with Gasteiger partial charge in [-0.25, -0.2) is 0 Å². The molecule has 1 aromatic heterocycles. The highest BCUT2D eigenvalue weighted by Crippen LogP contribution is 2.26. The van der Waals surface area contributed by atoms with Crippen molar-refractivity contribution in [3.63, 3.8) is 0 Å². The number of hydrogen-bond donors (Lipinski definition) is 0. The van der Waals surface area contributed by atoms with E-state index in [-0.39, 0.29) is 5.78 Å². The molecule has 24 heavy (non-hydrogen) atoms. The van der Waals surface area contributed by atoms with Gasteiger partial charge in [0.25, 0.3) is 0 Å². The molecule has 0 radical (unpaired) electrons. The van der Waals surface area contributed by atoms with E-state index in [0.29, 0.717) is 10.6 Å². The summed E-state index contributed by atoms with van der Waals surface area (Å²) >= 11 is 6.33. The number of aryl methyl sites for hydroxylation is 1. The minimum Gasteiger partial charge on any atom is -0.316 e. The van der Waals surface area contributed by atoms with Gasteiger partial charge in [-0.05, 0) is 49.8 Å². The monoisotopic (exact) mass is 335 g/mol. The summed E-state index contributed by atoms with van der Waals surface area (Å²) in [6.07, 6.45) is 3.49. The number of aromatic nitrogens is 1. The lowest BCUT2D eigenvalue weighted by Gasteiger charge is -2.11. The highest BCUT2D eigenvalue weighted by Gasteiger charge is 2.11. The maximum absolute atomic E-state index is 12.2. The van der Waals surface area contributed by atoms with Crippen molar-refractivity contribution >= 4 is 23.5 Å². The summed E-state index contributed by atoms with van der Waals surface area (Å²) in [6, 6.07) is 19.1. The molecule has 3 aromatic rings. The van der Waals surface area contributed by atoms with Crippen molar-refractivity contribution in [1.82, 2.24) is 4.57 Å². The van der Waals surface area contributed by atoms with Crippen molar-refractivity contribution in [3.05, 3.63) is 94.3 Å². The van der Waals surface area contributed by atoms with Crippen molar-refractivity contribution in [2.45, 2.75) is 13.8 Å². The Morgan fingerprint density at radius 1 is 1.00 bits per heavy atom. The van der Waals surface area contributed by atoms with Crippen LogP contribution in [0.15, 0.2) is 66.7 Å². The van der Waals surface area contributed by atoms with Crippen LogP contribution in [0.3, 0.4) is 0 Å². The molecule has 0 unspecified atom stereocenters. The van der Waals surface area contributed by atoms with Gasteiger partial charge in [-0.3, -0.25) is 4.79 Å². The van der Waals surface area contributed by atoms with Crippen LogP contribution in [0.4, 0.5) is 0 Å². The van der Waals surface area contributed by atoms with E-state index in [4.69, 9.17) is 11.6 Å². The second-order valence-corrected chi connectivity index (χ2v) is 6.08. The molecule has 3 heteroatoms. The van der Waals surface area contributed by atoms with Crippen LogP contribution in [0.25, 0.3) is 11.8 Å². The first-order valence-electron chi connectivity index (χ1n) is 7.79. The maximum Gasteiger partial charge on any atom is 0.185 e. The van der Waals surface area contributed by atoms with Gasteiger partial charge in [-0.15, -0.1) is 0 Å². The number of hydrogen-bond acceptors (Lipinski definition) is 1. The molecule has 0 aliphatic heterocycles. The molecule has 2 nitrogen and oxygen atoms in total. The smallest absolute Gasteiger partial charge is 0.185 e. The molecule has 120 valence electrons. The zero-order chi connectivity index (χ0) is 17.1. The van der Waals surface area contributed by atoms with Crippen LogP contribution in [0.1, 0.15) is 27.3 Å². The molecule has 1 heterocycles. The van der Waals surface area contributed by atoms with E-state index < -0.39 is 0 Å². The van der Waals surface area contributed by atoms with E-state index in [1.54, 1.807) is 6.08 Å². The predicted octanol–water partition coefficient (Wildman–Crippen LogP) is 5.64. The summed E-state index contributed by atoms with van der Waals surface area (Å²) in [5.41, 5.74) is 4.78. The molecule has 0 aliphatic rings. The van der Waals surface area contributed by atoms with Gasteiger partial charge >= 0.3 is 0 Å². The highest BCUT2D eigenvalue weighted by atomic mass is 35.5. The molecule has 0 fully saturated rings. The summed E-state index contributed by atoms with van der Waals surface area (Å²) in [4.78, 5) is 12.2.